The van der Waals surface area contributed by atoms with Crippen molar-refractivity contribution >= 4 is 17.4 Å². The van der Waals surface area contributed by atoms with Gasteiger partial charge in [-0.3, -0.25) is 9.78 Å². The molecular formula is C18H13F3N4O. The van der Waals surface area contributed by atoms with Gasteiger partial charge in [-0.25, -0.2) is 18.2 Å². The minimum atomic E-state index is -1.64. The van der Waals surface area contributed by atoms with E-state index in [1.165, 1.54) is 18.3 Å². The number of carbonyl (C=O) groups is 1. The molecule has 0 unspecified atom stereocenters. The Morgan fingerprint density at radius 2 is 1.81 bits per heavy atom. The number of pyridine rings is 2. The SMILES string of the molecule is O=C(Nc1ccc(F)c(F)c1F)c1ccnc(NCc2ccccn2)c1. The third-order valence-corrected chi connectivity index (χ3v) is 3.48. The first-order valence-electron chi connectivity index (χ1n) is 7.59. The average molecular weight is 358 g/mol. The van der Waals surface area contributed by atoms with E-state index in [4.69, 9.17) is 0 Å². The first-order valence-corrected chi connectivity index (χ1v) is 7.59. The number of hydrogen-bond donors (Lipinski definition) is 2. The molecule has 0 bridgehead atoms. The predicted molar refractivity (Wildman–Crippen MR) is 90.1 cm³/mol. The lowest BCUT2D eigenvalue weighted by Crippen LogP contribution is -2.14. The summed E-state index contributed by atoms with van der Waals surface area (Å²) >= 11 is 0. The lowest BCUT2D eigenvalue weighted by Gasteiger charge is -2.09. The van der Waals surface area contributed by atoms with Gasteiger partial charge in [-0.1, -0.05) is 6.07 Å². The average Bonchev–Trinajstić information content (AvgIpc) is 2.68. The van der Waals surface area contributed by atoms with Gasteiger partial charge in [-0.15, -0.1) is 0 Å². The van der Waals surface area contributed by atoms with E-state index in [0.717, 1.165) is 17.8 Å². The van der Waals surface area contributed by atoms with Gasteiger partial charge in [-0.05, 0) is 36.4 Å². The number of nitrogens with one attached hydrogen (secondary N) is 2. The summed E-state index contributed by atoms with van der Waals surface area (Å²) in [6.45, 7) is 0.400. The van der Waals surface area contributed by atoms with Crippen LogP contribution in [-0.2, 0) is 6.54 Å². The van der Waals surface area contributed by atoms with Crippen LogP contribution >= 0.6 is 0 Å². The maximum absolute atomic E-state index is 13.7. The Bertz CT molecular complexity index is 935. The maximum atomic E-state index is 13.7. The van der Waals surface area contributed by atoms with E-state index >= 15 is 0 Å². The number of amides is 1. The predicted octanol–water partition coefficient (Wildman–Crippen LogP) is 3.76. The Kier molecular flexibility index (Phi) is 5.12. The van der Waals surface area contributed by atoms with Crippen LogP contribution in [0.3, 0.4) is 0 Å². The topological polar surface area (TPSA) is 66.9 Å². The fraction of sp³-hybridized carbons (Fsp3) is 0.0556. The van der Waals surface area contributed by atoms with Crippen LogP contribution in [0.5, 0.6) is 0 Å². The minimum Gasteiger partial charge on any atom is -0.364 e. The van der Waals surface area contributed by atoms with Gasteiger partial charge in [0.25, 0.3) is 5.91 Å². The fourth-order valence-corrected chi connectivity index (χ4v) is 2.17. The van der Waals surface area contributed by atoms with Crippen molar-refractivity contribution in [3.05, 3.63) is 83.6 Å². The maximum Gasteiger partial charge on any atom is 0.255 e. The number of carbonyl (C=O) groups excluding carboxylic acids is 1. The van der Waals surface area contributed by atoms with Gasteiger partial charge in [-0.2, -0.15) is 0 Å². The second-order valence-corrected chi connectivity index (χ2v) is 5.28. The molecule has 1 amide bonds. The molecule has 8 heteroatoms. The molecule has 0 spiro atoms. The molecule has 2 N–H and O–H groups in total. The van der Waals surface area contributed by atoms with E-state index < -0.39 is 29.0 Å². The summed E-state index contributed by atoms with van der Waals surface area (Å²) in [4.78, 5) is 20.5. The molecule has 26 heavy (non-hydrogen) atoms. The normalized spacial score (nSPS) is 10.4. The van der Waals surface area contributed by atoms with Gasteiger partial charge in [0.1, 0.15) is 5.82 Å². The molecule has 0 saturated carbocycles. The zero-order chi connectivity index (χ0) is 18.5. The van der Waals surface area contributed by atoms with E-state index in [9.17, 15) is 18.0 Å². The number of anilines is 2. The van der Waals surface area contributed by atoms with Crippen LogP contribution in [0, 0.1) is 17.5 Å². The number of halogens is 3. The Hall–Kier alpha value is -3.42. The van der Waals surface area contributed by atoms with Crippen LogP contribution in [0.25, 0.3) is 0 Å². The molecule has 0 atom stereocenters. The quantitative estimate of drug-likeness (QED) is 0.682. The molecule has 2 heterocycles. The van der Waals surface area contributed by atoms with Gasteiger partial charge in [0, 0.05) is 18.0 Å². The van der Waals surface area contributed by atoms with Gasteiger partial charge >= 0.3 is 0 Å². The van der Waals surface area contributed by atoms with Gasteiger partial charge < -0.3 is 10.6 Å². The zero-order valence-electron chi connectivity index (χ0n) is 13.3. The molecule has 0 fully saturated rings. The highest BCUT2D eigenvalue weighted by molar-refractivity contribution is 6.04. The molecular weight excluding hydrogens is 345 g/mol. The van der Waals surface area contributed by atoms with Gasteiger partial charge in [0.15, 0.2) is 17.5 Å². The van der Waals surface area contributed by atoms with Crippen LogP contribution in [0.4, 0.5) is 24.7 Å². The monoisotopic (exact) mass is 358 g/mol. The Morgan fingerprint density at radius 3 is 2.58 bits per heavy atom. The molecule has 0 saturated heterocycles. The third-order valence-electron chi connectivity index (χ3n) is 3.48. The highest BCUT2D eigenvalue weighted by Crippen LogP contribution is 2.20. The van der Waals surface area contributed by atoms with Crippen LogP contribution in [0.2, 0.25) is 0 Å². The lowest BCUT2D eigenvalue weighted by molar-refractivity contribution is 0.102. The molecule has 3 aromatic rings. The summed E-state index contributed by atoms with van der Waals surface area (Å²) in [5.74, 6) is -4.70. The first kappa shape index (κ1) is 17.4. The van der Waals surface area contributed by atoms with Crippen molar-refractivity contribution < 1.29 is 18.0 Å². The molecule has 0 aliphatic carbocycles. The Labute approximate surface area is 146 Å². The second kappa shape index (κ2) is 7.64. The van der Waals surface area contributed by atoms with E-state index in [-0.39, 0.29) is 5.56 Å². The molecule has 132 valence electrons. The Morgan fingerprint density at radius 1 is 0.962 bits per heavy atom. The van der Waals surface area contributed by atoms with E-state index in [1.54, 1.807) is 12.3 Å². The van der Waals surface area contributed by atoms with Crippen molar-refractivity contribution in [3.8, 4) is 0 Å². The molecule has 0 aliphatic heterocycles. The molecule has 3 rings (SSSR count). The summed E-state index contributed by atoms with van der Waals surface area (Å²) in [6.07, 6.45) is 3.06. The summed E-state index contributed by atoms with van der Waals surface area (Å²) in [6, 6.07) is 10.0. The van der Waals surface area contributed by atoms with Crippen LogP contribution in [0.15, 0.2) is 54.9 Å². The number of nitrogens with zero attached hydrogens (tertiary/aromatic N) is 2. The van der Waals surface area contributed by atoms with Crippen molar-refractivity contribution in [2.24, 2.45) is 0 Å². The van der Waals surface area contributed by atoms with Crippen molar-refractivity contribution in [1.29, 1.82) is 0 Å². The summed E-state index contributed by atoms with van der Waals surface area (Å²) in [7, 11) is 0. The highest BCUT2D eigenvalue weighted by Gasteiger charge is 2.16. The van der Waals surface area contributed by atoms with Crippen molar-refractivity contribution in [3.63, 3.8) is 0 Å². The van der Waals surface area contributed by atoms with E-state index in [0.29, 0.717) is 12.4 Å². The standard InChI is InChI=1S/C18H13F3N4O/c19-13-4-5-14(17(21)16(13)20)25-18(26)11-6-8-23-15(9-11)24-10-12-3-1-2-7-22-12/h1-9H,10H2,(H,23,24)(H,25,26). The smallest absolute Gasteiger partial charge is 0.255 e. The van der Waals surface area contributed by atoms with Crippen molar-refractivity contribution in [2.45, 2.75) is 6.54 Å². The lowest BCUT2D eigenvalue weighted by atomic mass is 10.2. The van der Waals surface area contributed by atoms with E-state index in [2.05, 4.69) is 20.6 Å². The molecule has 1 aromatic carbocycles. The summed E-state index contributed by atoms with van der Waals surface area (Å²) < 4.78 is 39.9. The fourth-order valence-electron chi connectivity index (χ4n) is 2.17. The van der Waals surface area contributed by atoms with Crippen molar-refractivity contribution in [1.82, 2.24) is 9.97 Å². The van der Waals surface area contributed by atoms with E-state index in [1.807, 2.05) is 12.1 Å². The minimum absolute atomic E-state index is 0.174. The Balaban J connectivity index is 1.71. The highest BCUT2D eigenvalue weighted by atomic mass is 19.2. The van der Waals surface area contributed by atoms with Crippen LogP contribution in [0.1, 0.15) is 16.1 Å². The van der Waals surface area contributed by atoms with Crippen LogP contribution < -0.4 is 10.6 Å². The largest absolute Gasteiger partial charge is 0.364 e. The summed E-state index contributed by atoms with van der Waals surface area (Å²) in [5.41, 5.74) is 0.509. The summed E-state index contributed by atoms with van der Waals surface area (Å²) in [5, 5.41) is 5.22. The van der Waals surface area contributed by atoms with Crippen molar-refractivity contribution in [2.75, 3.05) is 10.6 Å². The molecule has 0 radical (unpaired) electrons. The molecule has 5 nitrogen and oxygen atoms in total. The van der Waals surface area contributed by atoms with Gasteiger partial charge in [0.05, 0.1) is 17.9 Å². The molecule has 2 aromatic heterocycles. The zero-order valence-corrected chi connectivity index (χ0v) is 13.3. The second-order valence-electron chi connectivity index (χ2n) is 5.28. The van der Waals surface area contributed by atoms with Gasteiger partial charge in [0.2, 0.25) is 0 Å². The number of aromatic nitrogens is 2. The van der Waals surface area contributed by atoms with Crippen LogP contribution in [-0.4, -0.2) is 15.9 Å². The number of benzene rings is 1. The number of hydrogen-bond acceptors (Lipinski definition) is 4. The number of rotatable bonds is 5. The first-order chi connectivity index (χ1) is 12.5. The molecule has 0 aliphatic rings. The third kappa shape index (κ3) is 3.97.